The molecular formula is C11H13N5O3. The lowest BCUT2D eigenvalue weighted by Gasteiger charge is -2.05. The molecule has 0 unspecified atom stereocenters. The maximum Gasteiger partial charge on any atom is 0.354 e. The number of nitrogens with zero attached hydrogens (tertiary/aromatic N) is 2. The van der Waals surface area contributed by atoms with Crippen LogP contribution < -0.4 is 11.0 Å². The summed E-state index contributed by atoms with van der Waals surface area (Å²) < 4.78 is 0. The lowest BCUT2D eigenvalue weighted by atomic mass is 10.3. The summed E-state index contributed by atoms with van der Waals surface area (Å²) in [5.41, 5.74) is -0.319. The van der Waals surface area contributed by atoms with Crippen LogP contribution in [0.2, 0.25) is 0 Å². The normalized spacial score (nSPS) is 10.3. The summed E-state index contributed by atoms with van der Waals surface area (Å²) in [4.78, 5) is 28.0. The molecule has 0 spiro atoms. The van der Waals surface area contributed by atoms with E-state index in [0.717, 1.165) is 6.42 Å². The average molecular weight is 263 g/mol. The third-order valence-corrected chi connectivity index (χ3v) is 2.41. The van der Waals surface area contributed by atoms with Gasteiger partial charge in [0.2, 0.25) is 0 Å². The molecule has 0 bridgehead atoms. The molecule has 0 amide bonds. The Kier molecular flexibility index (Phi) is 3.91. The third-order valence-electron chi connectivity index (χ3n) is 2.41. The zero-order chi connectivity index (χ0) is 13.7. The number of hydrogen-bond acceptors (Lipinski definition) is 5. The molecule has 2 rings (SSSR count). The molecule has 0 fully saturated rings. The fourth-order valence-corrected chi connectivity index (χ4v) is 1.55. The minimum atomic E-state index is -1.06. The number of rotatable bonds is 6. The quantitative estimate of drug-likeness (QED) is 0.553. The van der Waals surface area contributed by atoms with Crippen LogP contribution in [0, 0.1) is 0 Å². The summed E-state index contributed by atoms with van der Waals surface area (Å²) in [7, 11) is 0. The first-order valence-electron chi connectivity index (χ1n) is 5.73. The minimum Gasteiger partial charge on any atom is -0.477 e. The van der Waals surface area contributed by atoms with Crippen molar-refractivity contribution in [3.63, 3.8) is 0 Å². The zero-order valence-electron chi connectivity index (χ0n) is 10.0. The van der Waals surface area contributed by atoms with Crippen LogP contribution in [0.3, 0.4) is 0 Å². The van der Waals surface area contributed by atoms with E-state index in [2.05, 4.69) is 25.5 Å². The third kappa shape index (κ3) is 3.66. The van der Waals surface area contributed by atoms with Crippen molar-refractivity contribution in [2.45, 2.75) is 12.8 Å². The first-order chi connectivity index (χ1) is 9.15. The number of aromatic nitrogens is 4. The molecule has 0 aromatic carbocycles. The summed E-state index contributed by atoms with van der Waals surface area (Å²) in [6, 6.07) is 4.76. The van der Waals surface area contributed by atoms with E-state index >= 15 is 0 Å². The molecule has 0 atom stereocenters. The average Bonchev–Trinajstić information content (AvgIpc) is 2.81. The number of carboxylic acids is 1. The van der Waals surface area contributed by atoms with Crippen LogP contribution in [-0.4, -0.2) is 37.8 Å². The van der Waals surface area contributed by atoms with Crippen molar-refractivity contribution >= 4 is 11.8 Å². The predicted octanol–water partition coefficient (Wildman–Crippen LogP) is 0.236. The Morgan fingerprint density at radius 3 is 2.95 bits per heavy atom. The lowest BCUT2D eigenvalue weighted by Crippen LogP contribution is -2.08. The summed E-state index contributed by atoms with van der Waals surface area (Å²) in [6.07, 6.45) is 1.35. The summed E-state index contributed by atoms with van der Waals surface area (Å²) in [5, 5.41) is 17.9. The van der Waals surface area contributed by atoms with E-state index in [1.165, 1.54) is 6.07 Å². The number of carboxylic acid groups (broad SMARTS) is 1. The SMILES string of the molecule is O=C(O)c1cccc(NCCCc2n[nH]c(=O)[nH]2)n1. The second kappa shape index (κ2) is 5.80. The molecular weight excluding hydrogens is 250 g/mol. The summed E-state index contributed by atoms with van der Waals surface area (Å²) in [6.45, 7) is 0.602. The predicted molar refractivity (Wildman–Crippen MR) is 67.2 cm³/mol. The fourth-order valence-electron chi connectivity index (χ4n) is 1.55. The first-order valence-corrected chi connectivity index (χ1v) is 5.73. The van der Waals surface area contributed by atoms with Crippen LogP contribution in [0.25, 0.3) is 0 Å². The zero-order valence-corrected chi connectivity index (χ0v) is 10.0. The van der Waals surface area contributed by atoms with E-state index in [4.69, 9.17) is 5.11 Å². The van der Waals surface area contributed by atoms with Gasteiger partial charge in [-0.25, -0.2) is 19.7 Å². The second-order valence-electron chi connectivity index (χ2n) is 3.87. The second-order valence-corrected chi connectivity index (χ2v) is 3.87. The van der Waals surface area contributed by atoms with Crippen molar-refractivity contribution in [3.05, 3.63) is 40.2 Å². The van der Waals surface area contributed by atoms with E-state index in [9.17, 15) is 9.59 Å². The van der Waals surface area contributed by atoms with Crippen LogP contribution in [0.15, 0.2) is 23.0 Å². The number of aryl methyl sites for hydroxylation is 1. The highest BCUT2D eigenvalue weighted by Gasteiger charge is 2.04. The first kappa shape index (κ1) is 12.8. The number of anilines is 1. The molecule has 0 saturated heterocycles. The fraction of sp³-hybridized carbons (Fsp3) is 0.273. The topological polar surface area (TPSA) is 124 Å². The highest BCUT2D eigenvalue weighted by molar-refractivity contribution is 5.85. The van der Waals surface area contributed by atoms with Gasteiger partial charge in [-0.1, -0.05) is 6.07 Å². The van der Waals surface area contributed by atoms with Gasteiger partial charge in [0.25, 0.3) is 0 Å². The van der Waals surface area contributed by atoms with Crippen LogP contribution in [0.1, 0.15) is 22.7 Å². The van der Waals surface area contributed by atoms with Crippen molar-refractivity contribution in [1.82, 2.24) is 20.2 Å². The number of hydrogen-bond donors (Lipinski definition) is 4. The molecule has 0 radical (unpaired) electrons. The standard InChI is InChI=1S/C11H13N5O3/c17-10(18)7-3-1-4-8(13-7)12-6-2-5-9-14-11(19)16-15-9/h1,3-4H,2,5-6H2,(H,12,13)(H,17,18)(H2,14,15,16,19). The highest BCUT2D eigenvalue weighted by Crippen LogP contribution is 2.05. The Morgan fingerprint density at radius 1 is 1.42 bits per heavy atom. The van der Waals surface area contributed by atoms with Gasteiger partial charge in [-0.2, -0.15) is 5.10 Å². The molecule has 8 nitrogen and oxygen atoms in total. The number of nitrogens with one attached hydrogen (secondary N) is 3. The molecule has 0 saturated carbocycles. The largest absolute Gasteiger partial charge is 0.477 e. The van der Waals surface area contributed by atoms with Gasteiger partial charge in [0.05, 0.1) is 0 Å². The molecule has 0 aliphatic heterocycles. The molecule has 19 heavy (non-hydrogen) atoms. The highest BCUT2D eigenvalue weighted by atomic mass is 16.4. The Labute approximate surface area is 107 Å². The van der Waals surface area contributed by atoms with Gasteiger partial charge in [-0.15, -0.1) is 0 Å². The summed E-state index contributed by atoms with van der Waals surface area (Å²) in [5.74, 6) is 0.0483. The Balaban J connectivity index is 1.81. The summed E-state index contributed by atoms with van der Waals surface area (Å²) >= 11 is 0. The van der Waals surface area contributed by atoms with Crippen LogP contribution in [-0.2, 0) is 6.42 Å². The molecule has 4 N–H and O–H groups in total. The Bertz CT molecular complexity index is 619. The van der Waals surface area contributed by atoms with Gasteiger partial charge in [0.15, 0.2) is 5.69 Å². The van der Waals surface area contributed by atoms with E-state index in [1.807, 2.05) is 0 Å². The van der Waals surface area contributed by atoms with Crippen molar-refractivity contribution in [2.24, 2.45) is 0 Å². The van der Waals surface area contributed by atoms with Crippen molar-refractivity contribution < 1.29 is 9.90 Å². The van der Waals surface area contributed by atoms with Crippen LogP contribution >= 0.6 is 0 Å². The van der Waals surface area contributed by atoms with Gasteiger partial charge in [-0.3, -0.25) is 4.98 Å². The molecule has 100 valence electrons. The van der Waals surface area contributed by atoms with Gasteiger partial charge in [-0.05, 0) is 18.6 Å². The lowest BCUT2D eigenvalue weighted by molar-refractivity contribution is 0.0690. The molecule has 8 heteroatoms. The Hall–Kier alpha value is -2.64. The van der Waals surface area contributed by atoms with E-state index < -0.39 is 5.97 Å². The Morgan fingerprint density at radius 2 is 2.26 bits per heavy atom. The van der Waals surface area contributed by atoms with Gasteiger partial charge in [0, 0.05) is 13.0 Å². The van der Waals surface area contributed by atoms with Gasteiger partial charge >= 0.3 is 11.7 Å². The van der Waals surface area contributed by atoms with E-state index in [0.29, 0.717) is 24.6 Å². The minimum absolute atomic E-state index is 0.00151. The number of pyridine rings is 1. The van der Waals surface area contributed by atoms with E-state index in [1.54, 1.807) is 12.1 Å². The number of H-pyrrole nitrogens is 2. The monoisotopic (exact) mass is 263 g/mol. The smallest absolute Gasteiger partial charge is 0.354 e. The molecule has 2 aromatic rings. The van der Waals surface area contributed by atoms with Crippen molar-refractivity contribution in [3.8, 4) is 0 Å². The van der Waals surface area contributed by atoms with Crippen LogP contribution in [0.4, 0.5) is 5.82 Å². The maximum absolute atomic E-state index is 10.8. The molecule has 0 aliphatic carbocycles. The van der Waals surface area contributed by atoms with Crippen molar-refractivity contribution in [1.29, 1.82) is 0 Å². The van der Waals surface area contributed by atoms with Crippen LogP contribution in [0.5, 0.6) is 0 Å². The number of carbonyl (C=O) groups is 1. The molecule has 2 heterocycles. The van der Waals surface area contributed by atoms with Gasteiger partial charge < -0.3 is 10.4 Å². The van der Waals surface area contributed by atoms with E-state index in [-0.39, 0.29) is 11.4 Å². The number of aromatic amines is 2. The molecule has 2 aromatic heterocycles. The van der Waals surface area contributed by atoms with Crippen molar-refractivity contribution in [2.75, 3.05) is 11.9 Å². The molecule has 0 aliphatic rings. The maximum atomic E-state index is 10.8. The van der Waals surface area contributed by atoms with Gasteiger partial charge in [0.1, 0.15) is 11.6 Å². The number of aromatic carboxylic acids is 1.